The Hall–Kier alpha value is -1.83. The van der Waals surface area contributed by atoms with Crippen LogP contribution < -0.4 is 5.32 Å². The van der Waals surface area contributed by atoms with Crippen molar-refractivity contribution >= 4 is 5.91 Å². The van der Waals surface area contributed by atoms with Gasteiger partial charge in [-0.1, -0.05) is 24.0 Å². The van der Waals surface area contributed by atoms with Crippen molar-refractivity contribution in [3.8, 4) is 11.8 Å². The summed E-state index contributed by atoms with van der Waals surface area (Å²) in [4.78, 5) is 12.0. The summed E-state index contributed by atoms with van der Waals surface area (Å²) in [5.74, 6) is 5.46. The van der Waals surface area contributed by atoms with Crippen molar-refractivity contribution in [1.82, 2.24) is 5.32 Å². The summed E-state index contributed by atoms with van der Waals surface area (Å²) in [5.41, 5.74) is 1.83. The van der Waals surface area contributed by atoms with Gasteiger partial charge in [-0.15, -0.1) is 0 Å². The molecule has 1 aromatic rings. The Morgan fingerprint density at radius 2 is 2.40 bits per heavy atom. The zero-order valence-corrected chi connectivity index (χ0v) is 11.6. The molecular weight excluding hydrogens is 254 g/mol. The van der Waals surface area contributed by atoms with Crippen LogP contribution in [0.25, 0.3) is 0 Å². The second kappa shape index (κ2) is 7.09. The van der Waals surface area contributed by atoms with Gasteiger partial charge in [-0.2, -0.15) is 0 Å². The molecule has 1 aliphatic heterocycles. The molecule has 0 spiro atoms. The van der Waals surface area contributed by atoms with E-state index in [0.717, 1.165) is 17.5 Å². The fraction of sp³-hybridized carbons (Fsp3) is 0.438. The van der Waals surface area contributed by atoms with Gasteiger partial charge >= 0.3 is 0 Å². The van der Waals surface area contributed by atoms with E-state index in [9.17, 15) is 4.79 Å². The quantitative estimate of drug-likeness (QED) is 0.810. The number of ether oxygens (including phenoxy) is 1. The van der Waals surface area contributed by atoms with E-state index < -0.39 is 0 Å². The summed E-state index contributed by atoms with van der Waals surface area (Å²) in [5, 5.41) is 11.6. The molecule has 1 fully saturated rings. The molecule has 106 valence electrons. The molecule has 20 heavy (non-hydrogen) atoms. The van der Waals surface area contributed by atoms with Gasteiger partial charge < -0.3 is 15.2 Å². The predicted molar refractivity (Wildman–Crippen MR) is 75.8 cm³/mol. The second-order valence-corrected chi connectivity index (χ2v) is 4.85. The molecule has 2 rings (SSSR count). The molecule has 0 saturated carbocycles. The second-order valence-electron chi connectivity index (χ2n) is 4.85. The maximum absolute atomic E-state index is 12.0. The summed E-state index contributed by atoms with van der Waals surface area (Å²) in [7, 11) is 0. The third-order valence-electron chi connectivity index (χ3n) is 3.42. The molecule has 0 radical (unpaired) electrons. The maximum atomic E-state index is 12.0. The lowest BCUT2D eigenvalue weighted by Gasteiger charge is -2.14. The number of aliphatic hydroxyl groups is 1. The minimum absolute atomic E-state index is 0.00300. The highest BCUT2D eigenvalue weighted by Crippen LogP contribution is 2.20. The van der Waals surface area contributed by atoms with Crippen molar-refractivity contribution in [1.29, 1.82) is 0 Å². The largest absolute Gasteiger partial charge is 0.384 e. The average Bonchev–Trinajstić information content (AvgIpc) is 2.89. The van der Waals surface area contributed by atoms with Crippen molar-refractivity contribution in [2.24, 2.45) is 5.92 Å². The van der Waals surface area contributed by atoms with Crippen LogP contribution in [0.15, 0.2) is 24.3 Å². The first-order valence-electron chi connectivity index (χ1n) is 6.78. The van der Waals surface area contributed by atoms with Crippen LogP contribution in [0.2, 0.25) is 0 Å². The van der Waals surface area contributed by atoms with Gasteiger partial charge in [0.1, 0.15) is 6.61 Å². The number of carbonyl (C=O) groups is 1. The SMILES string of the molecule is CC1OCCC1C(=O)NCc1cccc(C#CCO)c1. The van der Waals surface area contributed by atoms with Crippen molar-refractivity contribution in [2.75, 3.05) is 13.2 Å². The Kier molecular flexibility index (Phi) is 5.16. The van der Waals surface area contributed by atoms with Gasteiger partial charge in [0, 0.05) is 18.7 Å². The van der Waals surface area contributed by atoms with Crippen LogP contribution in [0.5, 0.6) is 0 Å². The standard InChI is InChI=1S/C16H19NO3/c1-12-15(7-9-20-12)16(19)17-11-14-5-2-4-13(10-14)6-3-8-18/h2,4-5,10,12,15,18H,7-9,11H2,1H3,(H,17,19). The summed E-state index contributed by atoms with van der Waals surface area (Å²) in [6.07, 6.45) is 0.784. The summed E-state index contributed by atoms with van der Waals surface area (Å²) < 4.78 is 5.40. The van der Waals surface area contributed by atoms with Gasteiger partial charge in [0.25, 0.3) is 0 Å². The van der Waals surface area contributed by atoms with E-state index in [1.165, 1.54) is 0 Å². The highest BCUT2D eigenvalue weighted by Gasteiger charge is 2.30. The monoisotopic (exact) mass is 273 g/mol. The molecular formula is C16H19NO3. The smallest absolute Gasteiger partial charge is 0.226 e. The van der Waals surface area contributed by atoms with Crippen LogP contribution in [0.3, 0.4) is 0 Å². The van der Waals surface area contributed by atoms with E-state index in [-0.39, 0.29) is 24.5 Å². The van der Waals surface area contributed by atoms with Crippen molar-refractivity contribution in [2.45, 2.75) is 26.0 Å². The predicted octanol–water partition coefficient (Wildman–Crippen LogP) is 1.07. The first kappa shape index (κ1) is 14.6. The van der Waals surface area contributed by atoms with E-state index in [1.807, 2.05) is 31.2 Å². The molecule has 4 heteroatoms. The lowest BCUT2D eigenvalue weighted by atomic mass is 10.0. The fourth-order valence-electron chi connectivity index (χ4n) is 2.30. The molecule has 0 aliphatic carbocycles. The van der Waals surface area contributed by atoms with E-state index >= 15 is 0 Å². The molecule has 2 unspecified atom stereocenters. The van der Waals surface area contributed by atoms with Gasteiger partial charge in [-0.05, 0) is 31.0 Å². The minimum atomic E-state index is -0.152. The lowest BCUT2D eigenvalue weighted by molar-refractivity contribution is -0.126. The average molecular weight is 273 g/mol. The number of aliphatic hydroxyl groups excluding tert-OH is 1. The minimum Gasteiger partial charge on any atom is -0.384 e. The van der Waals surface area contributed by atoms with Crippen LogP contribution in [0.1, 0.15) is 24.5 Å². The molecule has 2 atom stereocenters. The zero-order valence-electron chi connectivity index (χ0n) is 11.6. The number of nitrogens with one attached hydrogen (secondary N) is 1. The zero-order chi connectivity index (χ0) is 14.4. The number of carbonyl (C=O) groups excluding carboxylic acids is 1. The number of hydrogen-bond donors (Lipinski definition) is 2. The van der Waals surface area contributed by atoms with Crippen LogP contribution in [0.4, 0.5) is 0 Å². The topological polar surface area (TPSA) is 58.6 Å². The molecule has 0 bridgehead atoms. The van der Waals surface area contributed by atoms with Gasteiger partial charge in [0.05, 0.1) is 12.0 Å². The highest BCUT2D eigenvalue weighted by molar-refractivity contribution is 5.79. The Morgan fingerprint density at radius 1 is 1.55 bits per heavy atom. The molecule has 1 aliphatic rings. The summed E-state index contributed by atoms with van der Waals surface area (Å²) >= 11 is 0. The first-order valence-corrected chi connectivity index (χ1v) is 6.78. The molecule has 1 saturated heterocycles. The van der Waals surface area contributed by atoms with Crippen molar-refractivity contribution in [3.63, 3.8) is 0 Å². The lowest BCUT2D eigenvalue weighted by Crippen LogP contribution is -2.33. The molecule has 1 heterocycles. The van der Waals surface area contributed by atoms with Gasteiger partial charge in [-0.25, -0.2) is 0 Å². The molecule has 1 aromatic carbocycles. The number of rotatable bonds is 3. The van der Waals surface area contributed by atoms with E-state index in [4.69, 9.17) is 9.84 Å². The normalized spacial score (nSPS) is 21.1. The molecule has 2 N–H and O–H groups in total. The third-order valence-corrected chi connectivity index (χ3v) is 3.42. The van der Waals surface area contributed by atoms with E-state index in [0.29, 0.717) is 13.2 Å². The summed E-state index contributed by atoms with van der Waals surface area (Å²) in [6.45, 7) is 2.92. The Labute approximate surface area is 119 Å². The first-order chi connectivity index (χ1) is 9.70. The number of hydrogen-bond acceptors (Lipinski definition) is 3. The van der Waals surface area contributed by atoms with Crippen LogP contribution in [-0.2, 0) is 16.1 Å². The van der Waals surface area contributed by atoms with Gasteiger partial charge in [0.15, 0.2) is 0 Å². The molecule has 0 aromatic heterocycles. The van der Waals surface area contributed by atoms with E-state index in [2.05, 4.69) is 17.2 Å². The number of amides is 1. The summed E-state index contributed by atoms with van der Waals surface area (Å²) in [6, 6.07) is 7.63. The van der Waals surface area contributed by atoms with Crippen molar-refractivity contribution in [3.05, 3.63) is 35.4 Å². The number of benzene rings is 1. The maximum Gasteiger partial charge on any atom is 0.226 e. The van der Waals surface area contributed by atoms with Crippen molar-refractivity contribution < 1.29 is 14.6 Å². The van der Waals surface area contributed by atoms with E-state index in [1.54, 1.807) is 0 Å². The Bertz CT molecular complexity index is 530. The Morgan fingerprint density at radius 3 is 3.10 bits per heavy atom. The van der Waals surface area contributed by atoms with Gasteiger partial charge in [0.2, 0.25) is 5.91 Å². The highest BCUT2D eigenvalue weighted by atomic mass is 16.5. The van der Waals surface area contributed by atoms with Crippen LogP contribution >= 0.6 is 0 Å². The van der Waals surface area contributed by atoms with Crippen LogP contribution in [0, 0.1) is 17.8 Å². The molecule has 4 nitrogen and oxygen atoms in total. The molecule has 1 amide bonds. The Balaban J connectivity index is 1.92. The van der Waals surface area contributed by atoms with Crippen LogP contribution in [-0.4, -0.2) is 30.3 Å². The fourth-order valence-corrected chi connectivity index (χ4v) is 2.30. The van der Waals surface area contributed by atoms with Gasteiger partial charge in [-0.3, -0.25) is 4.79 Å². The third kappa shape index (κ3) is 3.83.